The first-order valence-corrected chi connectivity index (χ1v) is 4.23. The number of para-hydroxylation sites is 1. The smallest absolute Gasteiger partial charge is 0.209 e. The molecule has 0 spiro atoms. The van der Waals surface area contributed by atoms with Crippen molar-refractivity contribution in [2.24, 2.45) is 5.73 Å². The zero-order valence-electron chi connectivity index (χ0n) is 7.50. The summed E-state index contributed by atoms with van der Waals surface area (Å²) in [6.07, 6.45) is 0. The number of ether oxygens (including phenoxy) is 1. The number of fused-ring (bicyclic) bond motifs is 1. The van der Waals surface area contributed by atoms with E-state index < -0.39 is 0 Å². The molecule has 0 aromatic heterocycles. The lowest BCUT2D eigenvalue weighted by Gasteiger charge is -2.05. The van der Waals surface area contributed by atoms with E-state index in [0.717, 1.165) is 23.6 Å². The molecule has 0 atom stereocenters. The van der Waals surface area contributed by atoms with E-state index in [1.54, 1.807) is 0 Å². The van der Waals surface area contributed by atoms with Crippen molar-refractivity contribution in [2.75, 3.05) is 0 Å². The van der Waals surface area contributed by atoms with Crippen LogP contribution < -0.4 is 15.8 Å². The Morgan fingerprint density at radius 3 is 3.00 bits per heavy atom. The number of allylic oxidation sites excluding steroid dienone is 1. The second-order valence-corrected chi connectivity index (χ2v) is 3.05. The number of rotatable bonds is 0. The monoisotopic (exact) mass is 176 g/mol. The molecule has 1 heterocycles. The van der Waals surface area contributed by atoms with Gasteiger partial charge in [0.05, 0.1) is 5.70 Å². The molecule has 0 aliphatic carbocycles. The first-order valence-electron chi connectivity index (χ1n) is 4.23. The lowest BCUT2D eigenvalue weighted by atomic mass is 10.2. The molecule has 0 unspecified atom stereocenters. The summed E-state index contributed by atoms with van der Waals surface area (Å²) in [5.74, 6) is 1.29. The van der Waals surface area contributed by atoms with Gasteiger partial charge in [0, 0.05) is 12.1 Å². The molecule has 0 fully saturated rings. The number of benzene rings is 1. The highest BCUT2D eigenvalue weighted by atomic mass is 16.5. The highest BCUT2D eigenvalue weighted by Gasteiger charge is 2.10. The Kier molecular flexibility index (Phi) is 1.85. The van der Waals surface area contributed by atoms with Crippen molar-refractivity contribution in [1.82, 2.24) is 5.32 Å². The van der Waals surface area contributed by atoms with Gasteiger partial charge >= 0.3 is 0 Å². The normalized spacial score (nSPS) is 15.5. The molecule has 0 bridgehead atoms. The van der Waals surface area contributed by atoms with Gasteiger partial charge in [0.1, 0.15) is 5.75 Å². The maximum Gasteiger partial charge on any atom is 0.209 e. The van der Waals surface area contributed by atoms with E-state index in [0.29, 0.717) is 5.88 Å². The summed E-state index contributed by atoms with van der Waals surface area (Å²) < 4.78 is 5.46. The van der Waals surface area contributed by atoms with Crippen LogP contribution in [0.25, 0.3) is 0 Å². The van der Waals surface area contributed by atoms with Crippen molar-refractivity contribution in [3.05, 3.63) is 41.4 Å². The Morgan fingerprint density at radius 1 is 1.38 bits per heavy atom. The summed E-state index contributed by atoms with van der Waals surface area (Å²) >= 11 is 0. The summed E-state index contributed by atoms with van der Waals surface area (Å²) in [6, 6.07) is 7.87. The zero-order valence-corrected chi connectivity index (χ0v) is 7.50. The van der Waals surface area contributed by atoms with Crippen molar-refractivity contribution in [2.45, 2.75) is 13.5 Å². The van der Waals surface area contributed by atoms with Crippen molar-refractivity contribution in [3.63, 3.8) is 0 Å². The lowest BCUT2D eigenvalue weighted by Crippen LogP contribution is -2.15. The van der Waals surface area contributed by atoms with Gasteiger partial charge in [-0.3, -0.25) is 0 Å². The summed E-state index contributed by atoms with van der Waals surface area (Å²) in [6.45, 7) is 2.67. The van der Waals surface area contributed by atoms with Crippen LogP contribution in [-0.2, 0) is 6.54 Å². The molecular weight excluding hydrogens is 164 g/mol. The fourth-order valence-electron chi connectivity index (χ4n) is 1.26. The molecule has 2 rings (SSSR count). The molecule has 1 aromatic rings. The standard InChI is InChI=1S/C10H12N2O/c1-7-10(11)13-9-5-3-2-4-8(9)6-12-7/h2-5,12H,6,11H2,1H3. The maximum atomic E-state index is 5.69. The van der Waals surface area contributed by atoms with Crippen molar-refractivity contribution < 1.29 is 4.74 Å². The van der Waals surface area contributed by atoms with Crippen LogP contribution in [0.4, 0.5) is 0 Å². The molecule has 0 saturated carbocycles. The number of hydrogen-bond donors (Lipinski definition) is 2. The minimum Gasteiger partial charge on any atom is -0.439 e. The lowest BCUT2D eigenvalue weighted by molar-refractivity contribution is 0.413. The summed E-state index contributed by atoms with van der Waals surface area (Å²) in [5, 5.41) is 3.18. The molecule has 0 amide bonds. The molecule has 0 radical (unpaired) electrons. The highest BCUT2D eigenvalue weighted by Crippen LogP contribution is 2.22. The van der Waals surface area contributed by atoms with Crippen LogP contribution in [0, 0.1) is 0 Å². The van der Waals surface area contributed by atoms with Crippen LogP contribution in [0.1, 0.15) is 12.5 Å². The average molecular weight is 176 g/mol. The topological polar surface area (TPSA) is 47.3 Å². The second-order valence-electron chi connectivity index (χ2n) is 3.05. The van der Waals surface area contributed by atoms with E-state index in [1.165, 1.54) is 0 Å². The molecule has 1 aliphatic rings. The molecular formula is C10H12N2O. The van der Waals surface area contributed by atoms with E-state index in [-0.39, 0.29) is 0 Å². The minimum atomic E-state index is 0.449. The SMILES string of the molecule is CC1=C(N)Oc2ccccc2CN1. The van der Waals surface area contributed by atoms with E-state index >= 15 is 0 Å². The van der Waals surface area contributed by atoms with E-state index in [1.807, 2.05) is 31.2 Å². The third-order valence-electron chi connectivity index (χ3n) is 2.11. The van der Waals surface area contributed by atoms with Crippen molar-refractivity contribution in [1.29, 1.82) is 0 Å². The van der Waals surface area contributed by atoms with Crippen LogP contribution in [0.3, 0.4) is 0 Å². The Labute approximate surface area is 77.2 Å². The molecule has 1 aliphatic heterocycles. The molecule has 1 aromatic carbocycles. The van der Waals surface area contributed by atoms with Crippen LogP contribution in [0.15, 0.2) is 35.8 Å². The Morgan fingerprint density at radius 2 is 2.15 bits per heavy atom. The summed E-state index contributed by atoms with van der Waals surface area (Å²) in [5.41, 5.74) is 7.70. The minimum absolute atomic E-state index is 0.449. The maximum absolute atomic E-state index is 5.69. The molecule has 3 nitrogen and oxygen atoms in total. The van der Waals surface area contributed by atoms with Gasteiger partial charge in [-0.05, 0) is 13.0 Å². The molecule has 3 N–H and O–H groups in total. The third-order valence-corrected chi connectivity index (χ3v) is 2.11. The molecule has 68 valence electrons. The van der Waals surface area contributed by atoms with Crippen LogP contribution in [0.5, 0.6) is 5.75 Å². The van der Waals surface area contributed by atoms with Gasteiger partial charge in [-0.1, -0.05) is 18.2 Å². The van der Waals surface area contributed by atoms with Gasteiger partial charge in [-0.2, -0.15) is 0 Å². The Balaban J connectivity index is 2.39. The van der Waals surface area contributed by atoms with Gasteiger partial charge < -0.3 is 15.8 Å². The molecule has 13 heavy (non-hydrogen) atoms. The van der Waals surface area contributed by atoms with Gasteiger partial charge in [-0.25, -0.2) is 0 Å². The second kappa shape index (κ2) is 3.01. The largest absolute Gasteiger partial charge is 0.439 e. The predicted molar refractivity (Wildman–Crippen MR) is 50.8 cm³/mol. The van der Waals surface area contributed by atoms with E-state index in [2.05, 4.69) is 5.32 Å². The number of nitrogens with one attached hydrogen (secondary N) is 1. The quantitative estimate of drug-likeness (QED) is 0.626. The van der Waals surface area contributed by atoms with Gasteiger partial charge in [0.25, 0.3) is 0 Å². The average Bonchev–Trinajstić information content (AvgIpc) is 2.28. The van der Waals surface area contributed by atoms with Gasteiger partial charge in [-0.15, -0.1) is 0 Å². The zero-order chi connectivity index (χ0) is 9.26. The Bertz CT molecular complexity index is 358. The number of nitrogens with two attached hydrogens (primary N) is 1. The van der Waals surface area contributed by atoms with Crippen LogP contribution in [-0.4, -0.2) is 0 Å². The van der Waals surface area contributed by atoms with Gasteiger partial charge in [0.2, 0.25) is 5.88 Å². The first-order chi connectivity index (χ1) is 6.27. The van der Waals surface area contributed by atoms with E-state index in [4.69, 9.17) is 10.5 Å². The highest BCUT2D eigenvalue weighted by molar-refractivity contribution is 5.36. The van der Waals surface area contributed by atoms with Crippen molar-refractivity contribution in [3.8, 4) is 5.75 Å². The van der Waals surface area contributed by atoms with Gasteiger partial charge in [0.15, 0.2) is 0 Å². The van der Waals surface area contributed by atoms with E-state index in [9.17, 15) is 0 Å². The predicted octanol–water partition coefficient (Wildman–Crippen LogP) is 1.32. The fraction of sp³-hybridized carbons (Fsp3) is 0.200. The van der Waals surface area contributed by atoms with Crippen LogP contribution in [0.2, 0.25) is 0 Å². The molecule has 3 heteroatoms. The summed E-state index contributed by atoms with van der Waals surface area (Å²) in [7, 11) is 0. The van der Waals surface area contributed by atoms with Crippen LogP contribution >= 0.6 is 0 Å². The third kappa shape index (κ3) is 1.45. The number of hydrogen-bond acceptors (Lipinski definition) is 3. The van der Waals surface area contributed by atoms with Crippen molar-refractivity contribution >= 4 is 0 Å². The Hall–Kier alpha value is -1.64. The fourth-order valence-corrected chi connectivity index (χ4v) is 1.26. The summed E-state index contributed by atoms with van der Waals surface area (Å²) in [4.78, 5) is 0. The first kappa shape index (κ1) is 7.98. The molecule has 0 saturated heterocycles.